The fraction of sp³-hybridized carbons (Fsp3) is 0.154. The van der Waals surface area contributed by atoms with Gasteiger partial charge in [0.05, 0.1) is 0 Å². The third-order valence-electron chi connectivity index (χ3n) is 2.28. The summed E-state index contributed by atoms with van der Waals surface area (Å²) in [5, 5.41) is 12.0. The van der Waals surface area contributed by atoms with Crippen LogP contribution in [0.25, 0.3) is 0 Å². The number of hydrogen-bond donors (Lipinski definition) is 1. The SMILES string of the molecule is Cc1ccc(Nc2cc(C#N)nc(C)n2)cc1. The Labute approximate surface area is 100.0 Å². The zero-order valence-corrected chi connectivity index (χ0v) is 9.73. The van der Waals surface area contributed by atoms with Gasteiger partial charge in [0.2, 0.25) is 0 Å². The molecule has 0 spiro atoms. The van der Waals surface area contributed by atoms with Crippen molar-refractivity contribution < 1.29 is 0 Å². The number of aryl methyl sites for hydroxylation is 2. The molecule has 84 valence electrons. The number of nitrogens with one attached hydrogen (secondary N) is 1. The average Bonchev–Trinajstić information content (AvgIpc) is 2.31. The fourth-order valence-corrected chi connectivity index (χ4v) is 1.47. The quantitative estimate of drug-likeness (QED) is 0.851. The summed E-state index contributed by atoms with van der Waals surface area (Å²) in [7, 11) is 0. The van der Waals surface area contributed by atoms with Crippen molar-refractivity contribution in [3.05, 3.63) is 47.4 Å². The van der Waals surface area contributed by atoms with Gasteiger partial charge in [-0.3, -0.25) is 0 Å². The minimum Gasteiger partial charge on any atom is -0.340 e. The summed E-state index contributed by atoms with van der Waals surface area (Å²) in [5.41, 5.74) is 2.51. The van der Waals surface area contributed by atoms with E-state index in [1.165, 1.54) is 5.56 Å². The predicted molar refractivity (Wildman–Crippen MR) is 65.9 cm³/mol. The molecule has 4 heteroatoms. The molecule has 1 heterocycles. The topological polar surface area (TPSA) is 61.6 Å². The van der Waals surface area contributed by atoms with Crippen LogP contribution in [0.5, 0.6) is 0 Å². The summed E-state index contributed by atoms with van der Waals surface area (Å²) >= 11 is 0. The van der Waals surface area contributed by atoms with Gasteiger partial charge < -0.3 is 5.32 Å². The third-order valence-corrected chi connectivity index (χ3v) is 2.28. The van der Waals surface area contributed by atoms with Crippen LogP contribution in [0, 0.1) is 25.2 Å². The highest BCUT2D eigenvalue weighted by Crippen LogP contribution is 2.15. The lowest BCUT2D eigenvalue weighted by atomic mass is 10.2. The van der Waals surface area contributed by atoms with Gasteiger partial charge in [-0.15, -0.1) is 0 Å². The average molecular weight is 224 g/mol. The van der Waals surface area contributed by atoms with Crippen LogP contribution in [0.2, 0.25) is 0 Å². The number of rotatable bonds is 2. The Bertz CT molecular complexity index is 567. The second kappa shape index (κ2) is 4.62. The summed E-state index contributed by atoms with van der Waals surface area (Å²) in [6, 6.07) is 11.6. The Balaban J connectivity index is 2.27. The van der Waals surface area contributed by atoms with Crippen molar-refractivity contribution in [1.29, 1.82) is 5.26 Å². The molecule has 1 aromatic heterocycles. The molecule has 0 radical (unpaired) electrons. The predicted octanol–water partition coefficient (Wildman–Crippen LogP) is 2.71. The number of aromatic nitrogens is 2. The van der Waals surface area contributed by atoms with Crippen LogP contribution in [-0.2, 0) is 0 Å². The van der Waals surface area contributed by atoms with Gasteiger partial charge in [0, 0.05) is 11.8 Å². The van der Waals surface area contributed by atoms with Crippen molar-refractivity contribution in [1.82, 2.24) is 9.97 Å². The van der Waals surface area contributed by atoms with Crippen LogP contribution in [0.4, 0.5) is 11.5 Å². The van der Waals surface area contributed by atoms with Crippen molar-refractivity contribution in [3.63, 3.8) is 0 Å². The first kappa shape index (κ1) is 11.1. The van der Waals surface area contributed by atoms with Crippen LogP contribution in [0.1, 0.15) is 17.1 Å². The van der Waals surface area contributed by atoms with Crippen molar-refractivity contribution in [2.45, 2.75) is 13.8 Å². The Morgan fingerprint density at radius 3 is 2.47 bits per heavy atom. The van der Waals surface area contributed by atoms with Crippen molar-refractivity contribution in [2.75, 3.05) is 5.32 Å². The third kappa shape index (κ3) is 2.79. The zero-order chi connectivity index (χ0) is 12.3. The molecule has 4 nitrogen and oxygen atoms in total. The molecule has 2 rings (SSSR count). The first-order valence-electron chi connectivity index (χ1n) is 5.27. The van der Waals surface area contributed by atoms with Crippen LogP contribution in [0.15, 0.2) is 30.3 Å². The van der Waals surface area contributed by atoms with Gasteiger partial charge in [0.15, 0.2) is 0 Å². The largest absolute Gasteiger partial charge is 0.340 e. The van der Waals surface area contributed by atoms with Crippen LogP contribution < -0.4 is 5.32 Å². The molecule has 0 fully saturated rings. The summed E-state index contributed by atoms with van der Waals surface area (Å²) in [5.74, 6) is 1.22. The highest BCUT2D eigenvalue weighted by molar-refractivity contribution is 5.57. The zero-order valence-electron chi connectivity index (χ0n) is 9.73. The van der Waals surface area contributed by atoms with Gasteiger partial charge in [-0.1, -0.05) is 17.7 Å². The van der Waals surface area contributed by atoms with E-state index in [9.17, 15) is 0 Å². The van der Waals surface area contributed by atoms with E-state index in [1.807, 2.05) is 37.3 Å². The van der Waals surface area contributed by atoms with Gasteiger partial charge in [0.25, 0.3) is 0 Å². The van der Waals surface area contributed by atoms with Gasteiger partial charge in [-0.2, -0.15) is 5.26 Å². The lowest BCUT2D eigenvalue weighted by Gasteiger charge is -2.06. The summed E-state index contributed by atoms with van der Waals surface area (Å²) in [6.07, 6.45) is 0. The number of benzene rings is 1. The Morgan fingerprint density at radius 2 is 1.82 bits per heavy atom. The molecular weight excluding hydrogens is 212 g/mol. The second-order valence-electron chi connectivity index (χ2n) is 3.79. The molecule has 0 saturated heterocycles. The Morgan fingerprint density at radius 1 is 1.12 bits per heavy atom. The molecule has 0 amide bonds. The molecule has 2 aromatic rings. The van der Waals surface area contributed by atoms with Gasteiger partial charge in [0.1, 0.15) is 23.4 Å². The lowest BCUT2D eigenvalue weighted by Crippen LogP contribution is -1.98. The Kier molecular flexibility index (Phi) is 3.01. The molecule has 1 N–H and O–H groups in total. The number of anilines is 2. The first-order valence-corrected chi connectivity index (χ1v) is 5.27. The molecule has 1 aromatic carbocycles. The smallest absolute Gasteiger partial charge is 0.146 e. The molecule has 0 saturated carbocycles. The van der Waals surface area contributed by atoms with E-state index in [2.05, 4.69) is 15.3 Å². The number of nitriles is 1. The lowest BCUT2D eigenvalue weighted by molar-refractivity contribution is 1.04. The highest BCUT2D eigenvalue weighted by Gasteiger charge is 2.01. The first-order chi connectivity index (χ1) is 8.17. The van der Waals surface area contributed by atoms with Crippen molar-refractivity contribution >= 4 is 11.5 Å². The van der Waals surface area contributed by atoms with Crippen molar-refractivity contribution in [3.8, 4) is 6.07 Å². The highest BCUT2D eigenvalue weighted by atomic mass is 15.0. The van der Waals surface area contributed by atoms with Gasteiger partial charge in [-0.25, -0.2) is 9.97 Å². The molecule has 0 aliphatic carbocycles. The standard InChI is InChI=1S/C13H12N4/c1-9-3-5-11(6-4-9)17-13-7-12(8-14)15-10(2)16-13/h3-7H,1-2H3,(H,15,16,17). The monoisotopic (exact) mass is 224 g/mol. The fourth-order valence-electron chi connectivity index (χ4n) is 1.47. The molecule has 0 unspecified atom stereocenters. The van der Waals surface area contributed by atoms with E-state index in [-0.39, 0.29) is 0 Å². The molecule has 0 aliphatic rings. The Hall–Kier alpha value is -2.41. The molecular formula is C13H12N4. The summed E-state index contributed by atoms with van der Waals surface area (Å²) in [6.45, 7) is 3.80. The second-order valence-corrected chi connectivity index (χ2v) is 3.79. The number of nitrogens with zero attached hydrogens (tertiary/aromatic N) is 3. The van der Waals surface area contributed by atoms with Crippen molar-refractivity contribution in [2.24, 2.45) is 0 Å². The van der Waals surface area contributed by atoms with E-state index in [0.29, 0.717) is 17.3 Å². The molecule has 0 bridgehead atoms. The molecule has 0 aliphatic heterocycles. The van der Waals surface area contributed by atoms with Crippen LogP contribution in [-0.4, -0.2) is 9.97 Å². The summed E-state index contributed by atoms with van der Waals surface area (Å²) < 4.78 is 0. The van der Waals surface area contributed by atoms with E-state index in [0.717, 1.165) is 5.69 Å². The van der Waals surface area contributed by atoms with E-state index in [1.54, 1.807) is 13.0 Å². The van der Waals surface area contributed by atoms with E-state index >= 15 is 0 Å². The van der Waals surface area contributed by atoms with Gasteiger partial charge >= 0.3 is 0 Å². The molecule has 17 heavy (non-hydrogen) atoms. The maximum atomic E-state index is 8.82. The van der Waals surface area contributed by atoms with E-state index < -0.39 is 0 Å². The molecule has 0 atom stereocenters. The normalized spacial score (nSPS) is 9.71. The summed E-state index contributed by atoms with van der Waals surface area (Å²) in [4.78, 5) is 8.22. The minimum atomic E-state index is 0.368. The maximum Gasteiger partial charge on any atom is 0.146 e. The van der Waals surface area contributed by atoms with Crippen LogP contribution >= 0.6 is 0 Å². The van der Waals surface area contributed by atoms with Crippen LogP contribution in [0.3, 0.4) is 0 Å². The maximum absolute atomic E-state index is 8.82. The minimum absolute atomic E-state index is 0.368. The van der Waals surface area contributed by atoms with Gasteiger partial charge in [-0.05, 0) is 26.0 Å². The van der Waals surface area contributed by atoms with E-state index in [4.69, 9.17) is 5.26 Å². The number of hydrogen-bond acceptors (Lipinski definition) is 4.